The van der Waals surface area contributed by atoms with Gasteiger partial charge in [-0.3, -0.25) is 0 Å². The molecule has 0 heterocycles. The fourth-order valence-corrected chi connectivity index (χ4v) is 1.95. The molecule has 0 aromatic heterocycles. The molecule has 0 radical (unpaired) electrons. The molecule has 0 saturated carbocycles. The molecule has 0 bridgehead atoms. The highest BCUT2D eigenvalue weighted by Crippen LogP contribution is 2.26. The number of hydrogen-bond acceptors (Lipinski definition) is 0. The molecule has 0 saturated heterocycles. The van der Waals surface area contributed by atoms with Crippen LogP contribution in [-0.2, 0) is 0 Å². The molecule has 15 heavy (non-hydrogen) atoms. The monoisotopic (exact) mass is 212 g/mol. The van der Waals surface area contributed by atoms with Crippen LogP contribution < -0.4 is 0 Å². The summed E-state index contributed by atoms with van der Waals surface area (Å²) in [6.07, 6.45) is 7.01. The molecule has 0 heteroatoms. The summed E-state index contributed by atoms with van der Waals surface area (Å²) in [6, 6.07) is 0. The molecule has 92 valence electrons. The Hall–Kier alpha value is 0. The average molecular weight is 212 g/mol. The Balaban J connectivity index is 3.67. The Kier molecular flexibility index (Phi) is 8.19. The van der Waals surface area contributed by atoms with Crippen molar-refractivity contribution < 1.29 is 0 Å². The molecule has 0 amide bonds. The van der Waals surface area contributed by atoms with Crippen LogP contribution in [0, 0.1) is 23.7 Å². The van der Waals surface area contributed by atoms with Crippen LogP contribution in [0.25, 0.3) is 0 Å². The van der Waals surface area contributed by atoms with Gasteiger partial charge in [-0.15, -0.1) is 0 Å². The van der Waals surface area contributed by atoms with E-state index in [1.165, 1.54) is 32.1 Å². The summed E-state index contributed by atoms with van der Waals surface area (Å²) in [5, 5.41) is 0. The Labute approximate surface area is 97.8 Å². The number of unbranched alkanes of at least 4 members (excludes halogenated alkanes) is 1. The zero-order chi connectivity index (χ0) is 11.8. The van der Waals surface area contributed by atoms with Crippen LogP contribution in [0.4, 0.5) is 0 Å². The maximum Gasteiger partial charge on any atom is -0.0417 e. The maximum atomic E-state index is 2.44. The minimum atomic E-state index is 0.850. The predicted molar refractivity (Wildman–Crippen MR) is 71.1 cm³/mol. The molecule has 0 N–H and O–H groups in total. The molecular formula is C15H32. The predicted octanol–water partition coefficient (Wildman–Crippen LogP) is 5.52. The second-order valence-electron chi connectivity index (χ2n) is 5.90. The van der Waals surface area contributed by atoms with Crippen molar-refractivity contribution in [1.29, 1.82) is 0 Å². The maximum absolute atomic E-state index is 2.44. The second-order valence-corrected chi connectivity index (χ2v) is 5.90. The summed E-state index contributed by atoms with van der Waals surface area (Å²) < 4.78 is 0. The van der Waals surface area contributed by atoms with Crippen molar-refractivity contribution in [2.24, 2.45) is 23.7 Å². The van der Waals surface area contributed by atoms with E-state index < -0.39 is 0 Å². The molecule has 3 unspecified atom stereocenters. The molecule has 0 spiro atoms. The van der Waals surface area contributed by atoms with E-state index in [9.17, 15) is 0 Å². The van der Waals surface area contributed by atoms with Gasteiger partial charge in [-0.25, -0.2) is 0 Å². The van der Waals surface area contributed by atoms with Crippen molar-refractivity contribution in [3.05, 3.63) is 0 Å². The van der Waals surface area contributed by atoms with Gasteiger partial charge in [0.2, 0.25) is 0 Å². The molecular weight excluding hydrogens is 180 g/mol. The first-order valence-electron chi connectivity index (χ1n) is 6.99. The molecule has 0 aliphatic carbocycles. The molecule has 0 aliphatic heterocycles. The molecule has 3 atom stereocenters. The standard InChI is InChI=1S/C15H32/c1-7-8-9-14(5)15(6)11-10-13(4)12(2)3/h12-15H,7-11H2,1-6H3. The van der Waals surface area contributed by atoms with E-state index in [0.29, 0.717) is 0 Å². The number of rotatable bonds is 8. The second kappa shape index (κ2) is 8.19. The largest absolute Gasteiger partial charge is 0.0654 e. The molecule has 0 aromatic carbocycles. The summed E-state index contributed by atoms with van der Waals surface area (Å²) >= 11 is 0. The molecule has 0 aromatic rings. The van der Waals surface area contributed by atoms with Gasteiger partial charge < -0.3 is 0 Å². The first-order chi connectivity index (χ1) is 6.99. The minimum absolute atomic E-state index is 0.850. The summed E-state index contributed by atoms with van der Waals surface area (Å²) in [5.74, 6) is 3.58. The normalized spacial score (nSPS) is 17.8. The zero-order valence-electron chi connectivity index (χ0n) is 11.8. The highest BCUT2D eigenvalue weighted by molar-refractivity contribution is 4.65. The van der Waals surface area contributed by atoms with E-state index >= 15 is 0 Å². The summed E-state index contributed by atoms with van der Waals surface area (Å²) in [4.78, 5) is 0. The summed E-state index contributed by atoms with van der Waals surface area (Å²) in [6.45, 7) is 14.2. The lowest BCUT2D eigenvalue weighted by atomic mass is 9.83. The van der Waals surface area contributed by atoms with Gasteiger partial charge in [-0.2, -0.15) is 0 Å². The van der Waals surface area contributed by atoms with Gasteiger partial charge >= 0.3 is 0 Å². The van der Waals surface area contributed by atoms with Crippen LogP contribution in [0.5, 0.6) is 0 Å². The minimum Gasteiger partial charge on any atom is -0.0654 e. The van der Waals surface area contributed by atoms with Gasteiger partial charge in [0, 0.05) is 0 Å². The van der Waals surface area contributed by atoms with E-state index in [-0.39, 0.29) is 0 Å². The van der Waals surface area contributed by atoms with Crippen LogP contribution in [0.2, 0.25) is 0 Å². The van der Waals surface area contributed by atoms with Gasteiger partial charge in [-0.05, 0) is 23.7 Å². The topological polar surface area (TPSA) is 0 Å². The lowest BCUT2D eigenvalue weighted by Crippen LogP contribution is -2.11. The van der Waals surface area contributed by atoms with E-state index in [1.54, 1.807) is 0 Å². The van der Waals surface area contributed by atoms with Crippen LogP contribution in [0.1, 0.15) is 73.6 Å². The van der Waals surface area contributed by atoms with E-state index in [0.717, 1.165) is 23.7 Å². The van der Waals surface area contributed by atoms with Gasteiger partial charge in [0.15, 0.2) is 0 Å². The van der Waals surface area contributed by atoms with Crippen LogP contribution in [0.15, 0.2) is 0 Å². The van der Waals surface area contributed by atoms with Gasteiger partial charge in [-0.1, -0.05) is 73.6 Å². The molecule has 0 nitrogen and oxygen atoms in total. The van der Waals surface area contributed by atoms with Crippen molar-refractivity contribution in [2.45, 2.75) is 73.6 Å². The van der Waals surface area contributed by atoms with Gasteiger partial charge in [0.25, 0.3) is 0 Å². The molecule has 0 aliphatic rings. The third kappa shape index (κ3) is 6.98. The third-order valence-electron chi connectivity index (χ3n) is 4.20. The van der Waals surface area contributed by atoms with Crippen LogP contribution >= 0.6 is 0 Å². The Morgan fingerprint density at radius 3 is 1.60 bits per heavy atom. The van der Waals surface area contributed by atoms with Gasteiger partial charge in [0.05, 0.1) is 0 Å². The first-order valence-corrected chi connectivity index (χ1v) is 6.99. The summed E-state index contributed by atoms with van der Waals surface area (Å²) in [7, 11) is 0. The smallest absolute Gasteiger partial charge is 0.0417 e. The zero-order valence-corrected chi connectivity index (χ0v) is 11.8. The Morgan fingerprint density at radius 2 is 1.13 bits per heavy atom. The third-order valence-corrected chi connectivity index (χ3v) is 4.20. The lowest BCUT2D eigenvalue weighted by Gasteiger charge is -2.22. The van der Waals surface area contributed by atoms with Crippen molar-refractivity contribution in [1.82, 2.24) is 0 Å². The number of hydrogen-bond donors (Lipinski definition) is 0. The molecule has 0 fully saturated rings. The van der Waals surface area contributed by atoms with Crippen molar-refractivity contribution in [3.8, 4) is 0 Å². The molecule has 0 rings (SSSR count). The SMILES string of the molecule is CCCCC(C)C(C)CCC(C)C(C)C. The van der Waals surface area contributed by atoms with Gasteiger partial charge in [0.1, 0.15) is 0 Å². The Bertz CT molecular complexity index is 137. The quantitative estimate of drug-likeness (QED) is 0.497. The lowest BCUT2D eigenvalue weighted by molar-refractivity contribution is 0.287. The van der Waals surface area contributed by atoms with Crippen LogP contribution in [0.3, 0.4) is 0 Å². The van der Waals surface area contributed by atoms with E-state index in [4.69, 9.17) is 0 Å². The van der Waals surface area contributed by atoms with E-state index in [1.807, 2.05) is 0 Å². The Morgan fingerprint density at radius 1 is 0.667 bits per heavy atom. The first kappa shape index (κ1) is 15.0. The fourth-order valence-electron chi connectivity index (χ4n) is 1.95. The van der Waals surface area contributed by atoms with Crippen molar-refractivity contribution >= 4 is 0 Å². The average Bonchev–Trinajstić information content (AvgIpc) is 2.21. The van der Waals surface area contributed by atoms with Crippen molar-refractivity contribution in [2.75, 3.05) is 0 Å². The fraction of sp³-hybridized carbons (Fsp3) is 1.00. The van der Waals surface area contributed by atoms with E-state index in [2.05, 4.69) is 41.5 Å². The highest BCUT2D eigenvalue weighted by atomic mass is 14.2. The van der Waals surface area contributed by atoms with Crippen LogP contribution in [-0.4, -0.2) is 0 Å². The summed E-state index contributed by atoms with van der Waals surface area (Å²) in [5.41, 5.74) is 0. The van der Waals surface area contributed by atoms with Crippen molar-refractivity contribution in [3.63, 3.8) is 0 Å². The highest BCUT2D eigenvalue weighted by Gasteiger charge is 2.14.